The van der Waals surface area contributed by atoms with Gasteiger partial charge in [-0.2, -0.15) is 5.10 Å². The third-order valence-corrected chi connectivity index (χ3v) is 4.17. The molecule has 2 aromatic heterocycles. The van der Waals surface area contributed by atoms with E-state index in [2.05, 4.69) is 20.8 Å². The van der Waals surface area contributed by atoms with Crippen LogP contribution in [0.2, 0.25) is 0 Å². The van der Waals surface area contributed by atoms with Gasteiger partial charge in [-0.05, 0) is 30.5 Å². The van der Waals surface area contributed by atoms with Gasteiger partial charge >= 0.3 is 6.03 Å². The molecule has 0 aliphatic heterocycles. The Balaban J connectivity index is 1.80. The van der Waals surface area contributed by atoms with Gasteiger partial charge in [0, 0.05) is 0 Å². The van der Waals surface area contributed by atoms with Gasteiger partial charge in [0.2, 0.25) is 0 Å². The van der Waals surface area contributed by atoms with E-state index in [1.54, 1.807) is 30.6 Å². The van der Waals surface area contributed by atoms with Crippen molar-refractivity contribution in [2.45, 2.75) is 6.92 Å². The smallest absolute Gasteiger partial charge is 0.323 e. The Morgan fingerprint density at radius 3 is 2.78 bits per heavy atom. The zero-order chi connectivity index (χ0) is 16.2. The summed E-state index contributed by atoms with van der Waals surface area (Å²) in [5, 5.41) is 14.8. The van der Waals surface area contributed by atoms with Crippen molar-refractivity contribution >= 4 is 28.7 Å². The molecule has 3 aromatic rings. The number of ether oxygens (including phenoxy) is 1. The van der Waals surface area contributed by atoms with Crippen LogP contribution < -0.4 is 15.4 Å². The highest BCUT2D eigenvalue weighted by Gasteiger charge is 2.16. The number of nitrogens with one attached hydrogen (secondary N) is 3. The topological polar surface area (TPSA) is 79.0 Å². The van der Waals surface area contributed by atoms with Gasteiger partial charge in [0.1, 0.15) is 11.4 Å². The maximum absolute atomic E-state index is 12.3. The van der Waals surface area contributed by atoms with Crippen molar-refractivity contribution in [1.29, 1.82) is 0 Å². The van der Waals surface area contributed by atoms with E-state index >= 15 is 0 Å². The number of carbonyl (C=O) groups is 1. The number of aryl methyl sites for hydroxylation is 1. The van der Waals surface area contributed by atoms with Crippen LogP contribution in [-0.2, 0) is 0 Å². The quantitative estimate of drug-likeness (QED) is 0.674. The van der Waals surface area contributed by atoms with Crippen LogP contribution in [0.4, 0.5) is 16.2 Å². The van der Waals surface area contributed by atoms with Gasteiger partial charge in [-0.15, -0.1) is 11.3 Å². The average molecular weight is 328 g/mol. The van der Waals surface area contributed by atoms with Crippen molar-refractivity contribution in [1.82, 2.24) is 10.2 Å². The molecule has 0 spiro atoms. The van der Waals surface area contributed by atoms with Gasteiger partial charge in [0.15, 0.2) is 0 Å². The highest BCUT2D eigenvalue weighted by atomic mass is 32.1. The highest BCUT2D eigenvalue weighted by Crippen LogP contribution is 2.32. The van der Waals surface area contributed by atoms with Crippen molar-refractivity contribution in [3.8, 4) is 16.3 Å². The molecule has 0 bridgehead atoms. The molecule has 6 nitrogen and oxygen atoms in total. The van der Waals surface area contributed by atoms with Crippen molar-refractivity contribution in [3.05, 3.63) is 47.5 Å². The highest BCUT2D eigenvalue weighted by molar-refractivity contribution is 7.13. The van der Waals surface area contributed by atoms with Gasteiger partial charge in [-0.25, -0.2) is 4.79 Å². The monoisotopic (exact) mass is 328 g/mol. The SMILES string of the molecule is COc1ccccc1NC(=O)Nc1c(-c2cccs2)n[nH]c1C. The first-order chi connectivity index (χ1) is 11.2. The van der Waals surface area contributed by atoms with Crippen molar-refractivity contribution in [2.75, 3.05) is 17.7 Å². The van der Waals surface area contributed by atoms with Crippen LogP contribution in [0, 0.1) is 6.92 Å². The largest absolute Gasteiger partial charge is 0.495 e. The van der Waals surface area contributed by atoms with Crippen LogP contribution in [0.5, 0.6) is 5.75 Å². The van der Waals surface area contributed by atoms with Gasteiger partial charge < -0.3 is 15.4 Å². The second-order valence-corrected chi connectivity index (χ2v) is 5.78. The van der Waals surface area contributed by atoms with Crippen LogP contribution in [-0.4, -0.2) is 23.3 Å². The fourth-order valence-corrected chi connectivity index (χ4v) is 2.91. The van der Waals surface area contributed by atoms with Crippen LogP contribution in [0.3, 0.4) is 0 Å². The van der Waals surface area contributed by atoms with E-state index in [9.17, 15) is 4.79 Å². The standard InChI is InChI=1S/C16H16N4O2S/c1-10-14(15(20-19-10)13-8-5-9-23-13)18-16(21)17-11-6-3-4-7-12(11)22-2/h3-9H,1-2H3,(H,19,20)(H2,17,18,21). The molecule has 7 heteroatoms. The zero-order valence-electron chi connectivity index (χ0n) is 12.7. The molecule has 0 aliphatic carbocycles. The number of H-pyrrole nitrogens is 1. The van der Waals surface area contributed by atoms with Crippen LogP contribution in [0.1, 0.15) is 5.69 Å². The number of aromatic nitrogens is 2. The minimum Gasteiger partial charge on any atom is -0.495 e. The van der Waals surface area contributed by atoms with Crippen molar-refractivity contribution in [2.24, 2.45) is 0 Å². The molecule has 0 unspecified atom stereocenters. The molecule has 2 amide bonds. The number of hydrogen-bond acceptors (Lipinski definition) is 4. The Hall–Kier alpha value is -2.80. The summed E-state index contributed by atoms with van der Waals surface area (Å²) in [6.07, 6.45) is 0. The maximum Gasteiger partial charge on any atom is 0.323 e. The predicted octanol–water partition coefficient (Wildman–Crippen LogP) is 4.10. The molecule has 0 saturated heterocycles. The number of amides is 2. The summed E-state index contributed by atoms with van der Waals surface area (Å²) < 4.78 is 5.23. The molecule has 0 atom stereocenters. The number of para-hydroxylation sites is 2. The first kappa shape index (κ1) is 15.1. The number of thiophene rings is 1. The zero-order valence-corrected chi connectivity index (χ0v) is 13.5. The second-order valence-electron chi connectivity index (χ2n) is 4.83. The van der Waals surface area contributed by atoms with E-state index in [1.807, 2.05) is 36.6 Å². The summed E-state index contributed by atoms with van der Waals surface area (Å²) in [4.78, 5) is 13.3. The van der Waals surface area contributed by atoms with Gasteiger partial charge in [-0.1, -0.05) is 18.2 Å². The van der Waals surface area contributed by atoms with E-state index in [0.717, 1.165) is 16.3 Å². The Morgan fingerprint density at radius 2 is 2.04 bits per heavy atom. The van der Waals surface area contributed by atoms with Crippen molar-refractivity contribution in [3.63, 3.8) is 0 Å². The summed E-state index contributed by atoms with van der Waals surface area (Å²) in [5.41, 5.74) is 2.79. The summed E-state index contributed by atoms with van der Waals surface area (Å²) in [7, 11) is 1.56. The fourth-order valence-electron chi connectivity index (χ4n) is 2.19. The number of methoxy groups -OCH3 is 1. The maximum atomic E-state index is 12.3. The summed E-state index contributed by atoms with van der Waals surface area (Å²) in [5.74, 6) is 0.602. The molecule has 0 radical (unpaired) electrons. The summed E-state index contributed by atoms with van der Waals surface area (Å²) in [6.45, 7) is 1.86. The molecule has 2 heterocycles. The molecule has 3 rings (SSSR count). The number of anilines is 2. The Bertz CT molecular complexity index is 811. The number of hydrogen-bond donors (Lipinski definition) is 3. The molecule has 0 fully saturated rings. The molecule has 23 heavy (non-hydrogen) atoms. The fraction of sp³-hybridized carbons (Fsp3) is 0.125. The molecule has 3 N–H and O–H groups in total. The van der Waals surface area contributed by atoms with Crippen molar-refractivity contribution < 1.29 is 9.53 Å². The first-order valence-electron chi connectivity index (χ1n) is 6.99. The molecular weight excluding hydrogens is 312 g/mol. The minimum atomic E-state index is -0.350. The minimum absolute atomic E-state index is 0.350. The Kier molecular flexibility index (Phi) is 4.29. The molecule has 118 valence electrons. The number of benzene rings is 1. The number of nitrogens with zero attached hydrogens (tertiary/aromatic N) is 1. The number of aromatic amines is 1. The Labute approximate surface area is 137 Å². The van der Waals surface area contributed by atoms with Crippen LogP contribution in [0.25, 0.3) is 10.6 Å². The Morgan fingerprint density at radius 1 is 1.22 bits per heavy atom. The lowest BCUT2D eigenvalue weighted by Crippen LogP contribution is -2.20. The van der Waals surface area contributed by atoms with E-state index in [0.29, 0.717) is 17.1 Å². The number of urea groups is 1. The molecule has 0 aliphatic rings. The van der Waals surface area contributed by atoms with Gasteiger partial charge in [-0.3, -0.25) is 5.10 Å². The normalized spacial score (nSPS) is 10.3. The second kappa shape index (κ2) is 6.53. The first-order valence-corrected chi connectivity index (χ1v) is 7.87. The summed E-state index contributed by atoms with van der Waals surface area (Å²) >= 11 is 1.57. The number of carbonyl (C=O) groups excluding carboxylic acids is 1. The van der Waals surface area contributed by atoms with E-state index in [1.165, 1.54) is 0 Å². The lowest BCUT2D eigenvalue weighted by atomic mass is 10.2. The lowest BCUT2D eigenvalue weighted by Gasteiger charge is -2.11. The molecular formula is C16H16N4O2S. The summed E-state index contributed by atoms with van der Waals surface area (Å²) in [6, 6.07) is 10.8. The van der Waals surface area contributed by atoms with E-state index < -0.39 is 0 Å². The van der Waals surface area contributed by atoms with E-state index in [4.69, 9.17) is 4.74 Å². The third-order valence-electron chi connectivity index (χ3n) is 3.30. The molecule has 1 aromatic carbocycles. The number of rotatable bonds is 4. The van der Waals surface area contributed by atoms with Gasteiger partial charge in [0.25, 0.3) is 0 Å². The van der Waals surface area contributed by atoms with Crippen LogP contribution in [0.15, 0.2) is 41.8 Å². The lowest BCUT2D eigenvalue weighted by molar-refractivity contribution is 0.262. The van der Waals surface area contributed by atoms with Crippen LogP contribution >= 0.6 is 11.3 Å². The molecule has 0 saturated carbocycles. The third kappa shape index (κ3) is 3.19. The van der Waals surface area contributed by atoms with E-state index in [-0.39, 0.29) is 6.03 Å². The predicted molar refractivity (Wildman–Crippen MR) is 92.3 cm³/mol. The average Bonchev–Trinajstić information content (AvgIpc) is 3.19. The van der Waals surface area contributed by atoms with Gasteiger partial charge in [0.05, 0.1) is 29.1 Å².